The summed E-state index contributed by atoms with van der Waals surface area (Å²) >= 11 is 0. The number of ether oxygens (including phenoxy) is 2. The van der Waals surface area contributed by atoms with Gasteiger partial charge in [-0.25, -0.2) is 24.1 Å². The van der Waals surface area contributed by atoms with Crippen molar-refractivity contribution in [3.8, 4) is 0 Å². The Morgan fingerprint density at radius 1 is 0.844 bits per heavy atom. The molecule has 7 rings (SSSR count). The normalized spacial score (nSPS) is 37.7. The predicted molar refractivity (Wildman–Crippen MR) is 146 cm³/mol. The van der Waals surface area contributed by atoms with E-state index >= 15 is 0 Å². The Morgan fingerprint density at radius 3 is 2.20 bits per heavy atom. The first-order chi connectivity index (χ1) is 21.3. The second kappa shape index (κ2) is 10.9. The van der Waals surface area contributed by atoms with Gasteiger partial charge in [-0.15, -0.1) is 0 Å². The van der Waals surface area contributed by atoms with Gasteiger partial charge in [0.05, 0.1) is 31.6 Å². The molecule has 242 valence electrons. The number of pyridine rings is 1. The van der Waals surface area contributed by atoms with Crippen LogP contribution in [0.2, 0.25) is 0 Å². The van der Waals surface area contributed by atoms with Crippen molar-refractivity contribution in [1.29, 1.82) is 0 Å². The van der Waals surface area contributed by atoms with E-state index in [2.05, 4.69) is 24.9 Å². The third-order valence-electron chi connectivity index (χ3n) is 7.43. The van der Waals surface area contributed by atoms with Crippen molar-refractivity contribution in [2.24, 2.45) is 0 Å². The van der Waals surface area contributed by atoms with E-state index in [0.717, 1.165) is 10.9 Å². The molecule has 2 bridgehead atoms. The van der Waals surface area contributed by atoms with E-state index in [9.17, 15) is 33.9 Å². The summed E-state index contributed by atoms with van der Waals surface area (Å²) in [5.74, 6) is -0.281. The predicted octanol–water partition coefficient (Wildman–Crippen LogP) is -1.74. The van der Waals surface area contributed by atoms with Gasteiger partial charge in [-0.05, 0) is 6.07 Å². The fourth-order valence-corrected chi connectivity index (χ4v) is 7.28. The molecular formula is C21H25N9O13P2. The summed E-state index contributed by atoms with van der Waals surface area (Å²) in [4.78, 5) is 52.1. The van der Waals surface area contributed by atoms with E-state index in [1.165, 1.54) is 23.2 Å². The molecule has 0 aromatic carbocycles. The average Bonchev–Trinajstić information content (AvgIpc) is 3.72. The summed E-state index contributed by atoms with van der Waals surface area (Å²) in [5, 5.41) is 22.1. The van der Waals surface area contributed by atoms with Gasteiger partial charge in [0.1, 0.15) is 42.1 Å². The molecule has 3 aliphatic rings. The summed E-state index contributed by atoms with van der Waals surface area (Å²) < 4.78 is 61.2. The molecule has 3 saturated heterocycles. The van der Waals surface area contributed by atoms with Crippen LogP contribution in [-0.4, -0.2) is 104 Å². The molecule has 2 unspecified atom stereocenters. The molecule has 4 aromatic heterocycles. The van der Waals surface area contributed by atoms with Crippen LogP contribution in [-0.2, 0) is 36.7 Å². The van der Waals surface area contributed by atoms with Crippen LogP contribution in [0, 0.1) is 0 Å². The highest BCUT2D eigenvalue weighted by Gasteiger charge is 2.54. The Morgan fingerprint density at radius 2 is 1.47 bits per heavy atom. The van der Waals surface area contributed by atoms with Gasteiger partial charge in [-0.3, -0.25) is 37.0 Å². The first-order valence-electron chi connectivity index (χ1n) is 13.1. The molecule has 10 atom stereocenters. The fourth-order valence-electron chi connectivity index (χ4n) is 5.38. The number of nitrogens with one attached hydrogen (secondary N) is 1. The molecule has 22 nitrogen and oxygen atoms in total. The number of aromatic amines is 1. The number of phosphoric ester groups is 2. The number of aliphatic hydroxyl groups excluding tert-OH is 2. The summed E-state index contributed by atoms with van der Waals surface area (Å²) in [6, 6.07) is 1.51. The van der Waals surface area contributed by atoms with Crippen LogP contribution in [0.4, 0.5) is 11.6 Å². The summed E-state index contributed by atoms with van der Waals surface area (Å²) in [6.07, 6.45) is -8.82. The topological polar surface area (TPSA) is 317 Å². The molecule has 3 aliphatic heterocycles. The number of fused-ring (bicyclic) bond motifs is 5. The molecule has 9 N–H and O–H groups in total. The second-order valence-corrected chi connectivity index (χ2v) is 13.1. The standard InChI is InChI=1S/C21H25N9O13P2/c22-7-1-2-24-16-10(7)25-5-29(16)19-13(32)14-9(41-19)4-39-45(36,37)43-15-12(31)8(3-38-44(34,35)42-14)40-20(15)30-6-26-11-17(30)27-21(23)28-18(11)33/h1-2,5-6,8-9,12-15,19-20,31-32H,3-4H2,(H2,22,24)(H,34,35)(H,36,37)(H3,23,27,28,33)/t8-,9-,12+,13-,14-,15-,19-,20-/m1/s1. The highest BCUT2D eigenvalue weighted by atomic mass is 31.2. The average molecular weight is 673 g/mol. The monoisotopic (exact) mass is 673 g/mol. The van der Waals surface area contributed by atoms with Gasteiger partial charge in [-0.2, -0.15) is 4.98 Å². The lowest BCUT2D eigenvalue weighted by Gasteiger charge is -2.25. The SMILES string of the molecule is Nc1nc2c(ncn2[C@@H]2O[C@@H]3COP(=O)(O)O[C@H]4[C@@H](O)[C@H](n5cnc6c(N)ccnc65)O[C@@H]4COP(=O)(O)O[C@@H]2[C@H]3O)c(=O)[nH]1. The quantitative estimate of drug-likeness (QED) is 0.116. The van der Waals surface area contributed by atoms with Crippen LogP contribution in [0.3, 0.4) is 0 Å². The smallest absolute Gasteiger partial charge is 0.397 e. The van der Waals surface area contributed by atoms with Gasteiger partial charge in [0, 0.05) is 6.20 Å². The molecule has 3 fully saturated rings. The maximum atomic E-state index is 13.2. The van der Waals surface area contributed by atoms with E-state index in [4.69, 9.17) is 39.0 Å². The molecule has 4 aromatic rings. The first-order valence-corrected chi connectivity index (χ1v) is 16.1. The Balaban J connectivity index is 1.21. The molecular weight excluding hydrogens is 648 g/mol. The van der Waals surface area contributed by atoms with Gasteiger partial charge in [0.25, 0.3) is 5.56 Å². The van der Waals surface area contributed by atoms with E-state index < -0.39 is 83.5 Å². The second-order valence-electron chi connectivity index (χ2n) is 10.3. The lowest BCUT2D eigenvalue weighted by molar-refractivity contribution is -0.0672. The van der Waals surface area contributed by atoms with Crippen LogP contribution < -0.4 is 17.0 Å². The Labute approximate surface area is 249 Å². The number of hydrogen-bond acceptors (Lipinski definition) is 17. The van der Waals surface area contributed by atoms with Crippen LogP contribution in [0.5, 0.6) is 0 Å². The number of anilines is 2. The number of nitrogens with two attached hydrogens (primary N) is 2. The molecule has 0 radical (unpaired) electrons. The molecule has 0 saturated carbocycles. The zero-order chi connectivity index (χ0) is 31.8. The van der Waals surface area contributed by atoms with Crippen molar-refractivity contribution in [2.45, 2.75) is 49.1 Å². The Bertz CT molecular complexity index is 1930. The van der Waals surface area contributed by atoms with Crippen LogP contribution in [0.15, 0.2) is 29.7 Å². The van der Waals surface area contributed by atoms with E-state index in [0.29, 0.717) is 0 Å². The van der Waals surface area contributed by atoms with Gasteiger partial charge in [0.15, 0.2) is 29.3 Å². The maximum absolute atomic E-state index is 13.2. The number of aromatic nitrogens is 7. The summed E-state index contributed by atoms with van der Waals surface area (Å²) in [6.45, 7) is -1.63. The molecule has 45 heavy (non-hydrogen) atoms. The lowest BCUT2D eigenvalue weighted by atomic mass is 10.1. The molecule has 0 spiro atoms. The zero-order valence-corrected chi connectivity index (χ0v) is 24.3. The Hall–Kier alpha value is -3.37. The van der Waals surface area contributed by atoms with Crippen molar-refractivity contribution in [1.82, 2.24) is 34.1 Å². The van der Waals surface area contributed by atoms with Crippen molar-refractivity contribution in [3.63, 3.8) is 0 Å². The summed E-state index contributed by atoms with van der Waals surface area (Å²) in [7, 11) is -10.2. The largest absolute Gasteiger partial charge is 0.472 e. The van der Waals surface area contributed by atoms with Crippen molar-refractivity contribution in [3.05, 3.63) is 35.3 Å². The molecule has 0 amide bonds. The minimum atomic E-state index is -5.11. The minimum Gasteiger partial charge on any atom is -0.397 e. The number of hydrogen-bond donors (Lipinski definition) is 7. The molecule has 0 aliphatic carbocycles. The zero-order valence-electron chi connectivity index (χ0n) is 22.5. The lowest BCUT2D eigenvalue weighted by Crippen LogP contribution is -2.36. The van der Waals surface area contributed by atoms with Gasteiger partial charge >= 0.3 is 15.6 Å². The van der Waals surface area contributed by atoms with Crippen LogP contribution in [0.1, 0.15) is 12.5 Å². The summed E-state index contributed by atoms with van der Waals surface area (Å²) in [5.41, 5.74) is 11.4. The van der Waals surface area contributed by atoms with Crippen molar-refractivity contribution < 1.29 is 56.7 Å². The van der Waals surface area contributed by atoms with Crippen molar-refractivity contribution >= 4 is 49.6 Å². The third-order valence-corrected chi connectivity index (χ3v) is 9.40. The third kappa shape index (κ3) is 5.33. The maximum Gasteiger partial charge on any atom is 0.472 e. The van der Waals surface area contributed by atoms with E-state index in [1.54, 1.807) is 0 Å². The number of H-pyrrole nitrogens is 1. The Kier molecular flexibility index (Phi) is 7.32. The number of imidazole rings is 2. The fraction of sp³-hybridized carbons (Fsp3) is 0.476. The van der Waals surface area contributed by atoms with Gasteiger partial charge < -0.3 is 40.9 Å². The number of phosphoric acid groups is 2. The molecule has 7 heterocycles. The number of aliphatic hydroxyl groups is 2. The van der Waals surface area contributed by atoms with Gasteiger partial charge in [0.2, 0.25) is 5.95 Å². The van der Waals surface area contributed by atoms with Crippen molar-refractivity contribution in [2.75, 3.05) is 24.7 Å². The highest BCUT2D eigenvalue weighted by molar-refractivity contribution is 7.47. The molecule has 24 heteroatoms. The highest BCUT2D eigenvalue weighted by Crippen LogP contribution is 2.53. The number of nitrogens with zero attached hydrogens (tertiary/aromatic N) is 6. The van der Waals surface area contributed by atoms with E-state index in [-0.39, 0.29) is 34.0 Å². The van der Waals surface area contributed by atoms with Gasteiger partial charge in [-0.1, -0.05) is 0 Å². The number of rotatable bonds is 2. The first kappa shape index (κ1) is 30.3. The minimum absolute atomic E-state index is 0.125. The van der Waals surface area contributed by atoms with E-state index in [1.807, 2.05) is 0 Å². The van der Waals surface area contributed by atoms with Crippen LogP contribution >= 0.6 is 15.6 Å². The van der Waals surface area contributed by atoms with Crippen LogP contribution in [0.25, 0.3) is 22.3 Å². The number of nitrogen functional groups attached to an aromatic ring is 2.